The average molecular weight is 607 g/mol. The van der Waals surface area contributed by atoms with Crippen LogP contribution in [0.4, 0.5) is 8.78 Å². The van der Waals surface area contributed by atoms with Gasteiger partial charge >= 0.3 is 17.9 Å². The van der Waals surface area contributed by atoms with Gasteiger partial charge in [0.1, 0.15) is 34.5 Å². The van der Waals surface area contributed by atoms with Crippen LogP contribution in [0.5, 0.6) is 5.75 Å². The highest BCUT2D eigenvalue weighted by Gasteiger charge is 2.50. The Morgan fingerprint density at radius 2 is 1.47 bits per heavy atom. The number of esters is 2. The summed E-state index contributed by atoms with van der Waals surface area (Å²) < 4.78 is 46.0. The van der Waals surface area contributed by atoms with Crippen molar-refractivity contribution in [2.45, 2.75) is 99.2 Å². The summed E-state index contributed by atoms with van der Waals surface area (Å²) in [5, 5.41) is 12.9. The van der Waals surface area contributed by atoms with Gasteiger partial charge in [0.15, 0.2) is 12.3 Å². The van der Waals surface area contributed by atoms with E-state index in [1.54, 1.807) is 32.0 Å². The number of nitriles is 1. The molecule has 1 unspecified atom stereocenters. The van der Waals surface area contributed by atoms with Gasteiger partial charge < -0.3 is 19.0 Å². The maximum Gasteiger partial charge on any atom is 0.383 e. The first-order chi connectivity index (χ1) is 19.5. The lowest BCUT2D eigenvalue weighted by Gasteiger charge is -2.39. The van der Waals surface area contributed by atoms with Crippen LogP contribution in [-0.2, 0) is 28.7 Å². The SMILES string of the molecule is COc1ccc(C(C#N)=NOCC(=C=O)C(F)(F)C(=O)OC(C)(C)CC(C)(C)OC(=O)C(CC(C)(C)C)C(C)(C)C)cc1. The van der Waals surface area contributed by atoms with Crippen molar-refractivity contribution in [1.29, 1.82) is 5.26 Å². The number of carbonyl (C=O) groups is 2. The van der Waals surface area contributed by atoms with E-state index in [0.29, 0.717) is 17.7 Å². The van der Waals surface area contributed by atoms with Crippen LogP contribution in [0, 0.1) is 28.1 Å². The molecule has 0 spiro atoms. The third-order valence-electron chi connectivity index (χ3n) is 6.34. The molecule has 0 fully saturated rings. The zero-order valence-corrected chi connectivity index (χ0v) is 27.0. The minimum atomic E-state index is -4.41. The zero-order valence-electron chi connectivity index (χ0n) is 27.0. The van der Waals surface area contributed by atoms with Gasteiger partial charge in [-0.05, 0) is 69.2 Å². The molecule has 1 rings (SSSR count). The lowest BCUT2D eigenvalue weighted by atomic mass is 9.72. The van der Waals surface area contributed by atoms with E-state index < -0.39 is 52.6 Å². The van der Waals surface area contributed by atoms with Crippen molar-refractivity contribution >= 4 is 23.6 Å². The van der Waals surface area contributed by atoms with Gasteiger partial charge in [0.05, 0.1) is 13.0 Å². The number of methoxy groups -OCH3 is 1. The normalized spacial score (nSPS) is 13.7. The van der Waals surface area contributed by atoms with E-state index in [1.165, 1.54) is 33.1 Å². The number of rotatable bonds is 13. The van der Waals surface area contributed by atoms with Crippen LogP contribution in [0.15, 0.2) is 35.0 Å². The highest BCUT2D eigenvalue weighted by Crippen LogP contribution is 2.39. The summed E-state index contributed by atoms with van der Waals surface area (Å²) in [6, 6.07) is 7.88. The Balaban J connectivity index is 2.97. The molecule has 0 N–H and O–H groups in total. The molecule has 0 radical (unpaired) electrons. The van der Waals surface area contributed by atoms with E-state index in [4.69, 9.17) is 19.0 Å². The Morgan fingerprint density at radius 1 is 0.930 bits per heavy atom. The average Bonchev–Trinajstić information content (AvgIpc) is 2.84. The molecule has 238 valence electrons. The quantitative estimate of drug-likeness (QED) is 0.108. The number of hydrogen-bond donors (Lipinski definition) is 0. The van der Waals surface area contributed by atoms with Crippen molar-refractivity contribution in [3.8, 4) is 11.8 Å². The predicted octanol–water partition coefficient (Wildman–Crippen LogP) is 6.46. The molecule has 0 bridgehead atoms. The number of oxime groups is 1. The van der Waals surface area contributed by atoms with Gasteiger partial charge in [-0.1, -0.05) is 46.7 Å². The minimum Gasteiger partial charge on any atom is -0.497 e. The number of alkyl halides is 2. The predicted molar refractivity (Wildman–Crippen MR) is 157 cm³/mol. The zero-order chi connectivity index (χ0) is 33.4. The van der Waals surface area contributed by atoms with Crippen LogP contribution < -0.4 is 4.74 Å². The molecule has 11 heteroatoms. The molecule has 0 aliphatic carbocycles. The second-order valence-electron chi connectivity index (χ2n) is 13.9. The van der Waals surface area contributed by atoms with E-state index in [9.17, 15) is 28.4 Å². The molecule has 0 amide bonds. The topological polar surface area (TPSA) is 124 Å². The molecule has 0 saturated heterocycles. The Labute approximate surface area is 253 Å². The van der Waals surface area contributed by atoms with Crippen molar-refractivity contribution in [1.82, 2.24) is 0 Å². The van der Waals surface area contributed by atoms with Crippen molar-refractivity contribution in [3.05, 3.63) is 35.4 Å². The molecule has 1 aromatic carbocycles. The lowest BCUT2D eigenvalue weighted by molar-refractivity contribution is -0.189. The largest absolute Gasteiger partial charge is 0.497 e. The Morgan fingerprint density at radius 3 is 1.91 bits per heavy atom. The molecule has 0 saturated carbocycles. The van der Waals surface area contributed by atoms with Gasteiger partial charge in [0.25, 0.3) is 0 Å². The highest BCUT2D eigenvalue weighted by molar-refractivity contribution is 6.11. The van der Waals surface area contributed by atoms with Gasteiger partial charge in [0.2, 0.25) is 0 Å². The first-order valence-corrected chi connectivity index (χ1v) is 13.8. The van der Waals surface area contributed by atoms with Gasteiger partial charge in [-0.25, -0.2) is 9.59 Å². The molecular formula is C32H44F2N2O7. The summed E-state index contributed by atoms with van der Waals surface area (Å²) in [6.07, 6.45) is 0.452. The second-order valence-corrected chi connectivity index (χ2v) is 13.9. The number of carbonyl (C=O) groups excluding carboxylic acids is 3. The lowest BCUT2D eigenvalue weighted by Crippen LogP contribution is -2.46. The molecule has 9 nitrogen and oxygen atoms in total. The number of ether oxygens (including phenoxy) is 3. The Kier molecular flexibility index (Phi) is 12.2. The smallest absolute Gasteiger partial charge is 0.383 e. The van der Waals surface area contributed by atoms with Crippen LogP contribution in [-0.4, -0.2) is 54.4 Å². The van der Waals surface area contributed by atoms with Crippen molar-refractivity contribution in [2.75, 3.05) is 13.7 Å². The van der Waals surface area contributed by atoms with E-state index in [-0.39, 0.29) is 17.5 Å². The van der Waals surface area contributed by atoms with Gasteiger partial charge in [-0.15, -0.1) is 0 Å². The number of halogens is 2. The second kappa shape index (κ2) is 14.1. The standard InChI is InChI=1S/C32H44F2N2O7/c1-28(2,3)16-24(29(4,5)6)26(38)42-30(7,8)20-31(9,10)43-27(39)32(33,34)22(18-37)19-41-36-25(17-35)21-12-14-23(40-11)15-13-21/h12-15,24H,16,19-20H2,1-11H3. The van der Waals surface area contributed by atoms with Crippen LogP contribution in [0.25, 0.3) is 0 Å². The number of nitrogens with zero attached hydrogens (tertiary/aromatic N) is 2. The van der Waals surface area contributed by atoms with Crippen LogP contribution >= 0.6 is 0 Å². The van der Waals surface area contributed by atoms with Gasteiger partial charge in [0, 0.05) is 12.0 Å². The molecular weight excluding hydrogens is 562 g/mol. The monoisotopic (exact) mass is 606 g/mol. The fraction of sp³-hybridized carbons (Fsp3) is 0.625. The molecule has 0 aromatic heterocycles. The van der Waals surface area contributed by atoms with Crippen molar-refractivity contribution in [3.63, 3.8) is 0 Å². The summed E-state index contributed by atoms with van der Waals surface area (Å²) in [7, 11) is 1.46. The van der Waals surface area contributed by atoms with Crippen LogP contribution in [0.2, 0.25) is 0 Å². The fourth-order valence-electron chi connectivity index (χ4n) is 4.47. The van der Waals surface area contributed by atoms with Crippen molar-refractivity contribution in [2.24, 2.45) is 21.9 Å². The maximum atomic E-state index is 15.0. The van der Waals surface area contributed by atoms with E-state index in [2.05, 4.69) is 5.16 Å². The van der Waals surface area contributed by atoms with Gasteiger partial charge in [-0.2, -0.15) is 14.0 Å². The summed E-state index contributed by atoms with van der Waals surface area (Å²) in [5.41, 5.74) is -4.57. The summed E-state index contributed by atoms with van der Waals surface area (Å²) in [4.78, 5) is 42.0. The summed E-state index contributed by atoms with van der Waals surface area (Å²) >= 11 is 0. The van der Waals surface area contributed by atoms with Crippen LogP contribution in [0.3, 0.4) is 0 Å². The molecule has 43 heavy (non-hydrogen) atoms. The highest BCUT2D eigenvalue weighted by atomic mass is 19.3. The Bertz CT molecular complexity index is 1260. The first kappa shape index (κ1) is 37.3. The number of benzene rings is 1. The van der Waals surface area contributed by atoms with E-state index in [1.807, 2.05) is 41.5 Å². The summed E-state index contributed by atoms with van der Waals surface area (Å²) in [5.74, 6) is -5.75. The molecule has 0 heterocycles. The number of hydrogen-bond acceptors (Lipinski definition) is 9. The fourth-order valence-corrected chi connectivity index (χ4v) is 4.47. The molecule has 0 aliphatic rings. The van der Waals surface area contributed by atoms with E-state index in [0.717, 1.165) is 5.94 Å². The summed E-state index contributed by atoms with van der Waals surface area (Å²) in [6.45, 7) is 16.8. The Hall–Kier alpha value is -3.77. The molecule has 0 aliphatic heterocycles. The first-order valence-electron chi connectivity index (χ1n) is 13.8. The molecule has 1 aromatic rings. The minimum absolute atomic E-state index is 0.117. The van der Waals surface area contributed by atoms with Gasteiger partial charge in [-0.3, -0.25) is 4.79 Å². The van der Waals surface area contributed by atoms with Crippen molar-refractivity contribution < 1.29 is 42.2 Å². The third kappa shape index (κ3) is 11.8. The molecule has 1 atom stereocenters. The van der Waals surface area contributed by atoms with E-state index >= 15 is 0 Å². The van der Waals surface area contributed by atoms with Crippen LogP contribution in [0.1, 0.15) is 87.6 Å². The third-order valence-corrected chi connectivity index (χ3v) is 6.34. The maximum absolute atomic E-state index is 15.0.